The lowest BCUT2D eigenvalue weighted by Gasteiger charge is -2.26. The Bertz CT molecular complexity index is 703. The van der Waals surface area contributed by atoms with E-state index in [1.807, 2.05) is 20.1 Å². The molecular formula is C20H39N7O6S. The fraction of sp³-hybridized carbons (Fsp3) is 0.750. The number of carboxylic acid groups (broad SMARTS) is 1. The fourth-order valence-corrected chi connectivity index (χ4v) is 3.35. The van der Waals surface area contributed by atoms with E-state index < -0.39 is 54.5 Å². The molecule has 0 saturated carbocycles. The van der Waals surface area contributed by atoms with Crippen LogP contribution in [0.4, 0.5) is 0 Å². The predicted octanol–water partition coefficient (Wildman–Crippen LogP) is -2.30. The topological polar surface area (TPSA) is 235 Å². The Labute approximate surface area is 204 Å². The molecule has 0 radical (unpaired) electrons. The molecule has 0 aromatic rings. The van der Waals surface area contributed by atoms with Gasteiger partial charge >= 0.3 is 5.97 Å². The molecule has 0 aromatic heterocycles. The number of carboxylic acids is 1. The lowest BCUT2D eigenvalue weighted by molar-refractivity contribution is -0.142. The van der Waals surface area contributed by atoms with Crippen LogP contribution in [0.5, 0.6) is 0 Å². The molecule has 3 amide bonds. The van der Waals surface area contributed by atoms with E-state index in [0.717, 1.165) is 0 Å². The van der Waals surface area contributed by atoms with E-state index in [1.54, 1.807) is 0 Å². The highest BCUT2D eigenvalue weighted by molar-refractivity contribution is 7.98. The van der Waals surface area contributed by atoms with E-state index in [1.165, 1.54) is 11.8 Å². The molecule has 4 atom stereocenters. The summed E-state index contributed by atoms with van der Waals surface area (Å²) in [5.74, 6) is -2.78. The van der Waals surface area contributed by atoms with Gasteiger partial charge in [-0.2, -0.15) is 11.8 Å². The zero-order chi connectivity index (χ0) is 26.3. The summed E-state index contributed by atoms with van der Waals surface area (Å²) in [4.78, 5) is 53.4. The van der Waals surface area contributed by atoms with E-state index in [-0.39, 0.29) is 37.7 Å². The Kier molecular flexibility index (Phi) is 15.7. The zero-order valence-corrected chi connectivity index (χ0v) is 20.8. The number of nitrogens with zero attached hydrogens (tertiary/aromatic N) is 1. The molecule has 0 bridgehead atoms. The van der Waals surface area contributed by atoms with Gasteiger partial charge in [0.25, 0.3) is 0 Å². The first-order valence-electron chi connectivity index (χ1n) is 11.0. The second kappa shape index (κ2) is 16.9. The quantitative estimate of drug-likeness (QED) is 0.0597. The second-order valence-electron chi connectivity index (χ2n) is 8.17. The summed E-state index contributed by atoms with van der Waals surface area (Å²) in [6.07, 6.45) is 2.74. The summed E-state index contributed by atoms with van der Waals surface area (Å²) >= 11 is 1.44. The van der Waals surface area contributed by atoms with Gasteiger partial charge in [0.2, 0.25) is 17.7 Å². The van der Waals surface area contributed by atoms with Crippen LogP contribution >= 0.6 is 11.8 Å². The third-order valence-corrected chi connectivity index (χ3v) is 5.32. The maximum absolute atomic E-state index is 13.0. The number of nitrogens with one attached hydrogen (secondary N) is 3. The van der Waals surface area contributed by atoms with E-state index in [4.69, 9.17) is 22.3 Å². The number of aliphatic hydroxyl groups is 1. The monoisotopic (exact) mass is 505 g/mol. The molecule has 0 aliphatic rings. The molecule has 14 heteroatoms. The average molecular weight is 506 g/mol. The minimum Gasteiger partial charge on any atom is -0.480 e. The van der Waals surface area contributed by atoms with Gasteiger partial charge in [0, 0.05) is 6.54 Å². The number of rotatable bonds is 17. The van der Waals surface area contributed by atoms with Crippen molar-refractivity contribution in [1.82, 2.24) is 16.0 Å². The first-order chi connectivity index (χ1) is 15.9. The molecule has 11 N–H and O–H groups in total. The molecular weight excluding hydrogens is 466 g/mol. The van der Waals surface area contributed by atoms with Crippen LogP contribution in [-0.4, -0.2) is 89.2 Å². The van der Waals surface area contributed by atoms with E-state index >= 15 is 0 Å². The van der Waals surface area contributed by atoms with Gasteiger partial charge in [-0.15, -0.1) is 0 Å². The van der Waals surface area contributed by atoms with Crippen LogP contribution in [-0.2, 0) is 19.2 Å². The Morgan fingerprint density at radius 2 is 1.50 bits per heavy atom. The summed E-state index contributed by atoms with van der Waals surface area (Å²) in [6, 6.07) is -4.42. The fourth-order valence-electron chi connectivity index (χ4n) is 2.87. The van der Waals surface area contributed by atoms with Crippen LogP contribution in [0, 0.1) is 5.92 Å². The number of carbonyl (C=O) groups excluding carboxylic acids is 3. The van der Waals surface area contributed by atoms with Crippen LogP contribution < -0.4 is 33.2 Å². The number of thioether (sulfide) groups is 1. The summed E-state index contributed by atoms with van der Waals surface area (Å²) in [6.45, 7) is 3.31. The largest absolute Gasteiger partial charge is 0.480 e. The number of amides is 3. The number of hydrogen-bond donors (Lipinski definition) is 8. The first kappa shape index (κ1) is 31.4. The number of guanidine groups is 1. The highest BCUT2D eigenvalue weighted by Gasteiger charge is 2.30. The molecule has 0 aliphatic heterocycles. The first-order valence-corrected chi connectivity index (χ1v) is 12.4. The third kappa shape index (κ3) is 13.2. The molecule has 4 unspecified atom stereocenters. The van der Waals surface area contributed by atoms with E-state index in [2.05, 4.69) is 20.9 Å². The maximum Gasteiger partial charge on any atom is 0.326 e. The van der Waals surface area contributed by atoms with Crippen LogP contribution in [0.2, 0.25) is 0 Å². The predicted molar refractivity (Wildman–Crippen MR) is 131 cm³/mol. The van der Waals surface area contributed by atoms with Crippen LogP contribution in [0.1, 0.15) is 39.5 Å². The van der Waals surface area contributed by atoms with Gasteiger partial charge < -0.3 is 43.4 Å². The number of aliphatic carboxylic acids is 1. The van der Waals surface area contributed by atoms with Gasteiger partial charge in [-0.1, -0.05) is 13.8 Å². The molecule has 0 spiro atoms. The number of carbonyl (C=O) groups is 4. The lowest BCUT2D eigenvalue weighted by atomic mass is 10.0. The molecule has 0 aliphatic carbocycles. The van der Waals surface area contributed by atoms with E-state index in [0.29, 0.717) is 12.2 Å². The van der Waals surface area contributed by atoms with Gasteiger partial charge in [0.15, 0.2) is 5.96 Å². The second-order valence-corrected chi connectivity index (χ2v) is 9.16. The van der Waals surface area contributed by atoms with Gasteiger partial charge in [0.05, 0.1) is 6.61 Å². The molecule has 0 aromatic carbocycles. The van der Waals surface area contributed by atoms with Crippen molar-refractivity contribution in [3.8, 4) is 0 Å². The van der Waals surface area contributed by atoms with E-state index in [9.17, 15) is 24.3 Å². The summed E-state index contributed by atoms with van der Waals surface area (Å²) in [5, 5.41) is 26.1. The van der Waals surface area contributed by atoms with Crippen molar-refractivity contribution in [3.63, 3.8) is 0 Å². The molecule has 0 fully saturated rings. The van der Waals surface area contributed by atoms with Gasteiger partial charge in [-0.25, -0.2) is 4.79 Å². The lowest BCUT2D eigenvalue weighted by Crippen LogP contribution is -2.57. The molecule has 34 heavy (non-hydrogen) atoms. The van der Waals surface area contributed by atoms with Crippen molar-refractivity contribution in [2.24, 2.45) is 28.1 Å². The van der Waals surface area contributed by atoms with Crippen molar-refractivity contribution >= 4 is 41.4 Å². The number of aliphatic hydroxyl groups excluding tert-OH is 1. The van der Waals surface area contributed by atoms with Crippen molar-refractivity contribution in [1.29, 1.82) is 0 Å². The Balaban J connectivity index is 5.55. The van der Waals surface area contributed by atoms with Gasteiger partial charge in [-0.3, -0.25) is 19.4 Å². The molecule has 196 valence electrons. The van der Waals surface area contributed by atoms with Crippen molar-refractivity contribution in [2.45, 2.75) is 63.7 Å². The Hall–Kier alpha value is -2.58. The number of nitrogens with two attached hydrogens (primary N) is 3. The van der Waals surface area contributed by atoms with Gasteiger partial charge in [0.1, 0.15) is 24.2 Å². The minimum atomic E-state index is -1.20. The highest BCUT2D eigenvalue weighted by atomic mass is 32.2. The summed E-state index contributed by atoms with van der Waals surface area (Å²) < 4.78 is 0. The Morgan fingerprint density at radius 1 is 0.941 bits per heavy atom. The SMILES string of the molecule is CSCCC(NC(=O)C(CCCN=C(N)N)NC(=O)C(CC(C)C)NC(=O)C(N)CO)C(=O)O. The van der Waals surface area contributed by atoms with Crippen molar-refractivity contribution in [3.05, 3.63) is 0 Å². The van der Waals surface area contributed by atoms with Crippen LogP contribution in [0.25, 0.3) is 0 Å². The van der Waals surface area contributed by atoms with Crippen LogP contribution in [0.3, 0.4) is 0 Å². The third-order valence-electron chi connectivity index (χ3n) is 4.68. The summed E-state index contributed by atoms with van der Waals surface area (Å²) in [7, 11) is 0. The van der Waals surface area contributed by atoms with Gasteiger partial charge in [-0.05, 0) is 43.6 Å². The molecule has 0 heterocycles. The highest BCUT2D eigenvalue weighted by Crippen LogP contribution is 2.08. The Morgan fingerprint density at radius 3 is 2.00 bits per heavy atom. The molecule has 0 rings (SSSR count). The number of hydrogen-bond acceptors (Lipinski definition) is 8. The average Bonchev–Trinajstić information content (AvgIpc) is 2.76. The minimum absolute atomic E-state index is 0.0125. The summed E-state index contributed by atoms with van der Waals surface area (Å²) in [5.41, 5.74) is 16.1. The van der Waals surface area contributed by atoms with Crippen molar-refractivity contribution < 1.29 is 29.4 Å². The standard InChI is InChI=1S/C20H39N7O6S/c1-11(2)9-15(27-16(29)12(21)10-28)18(31)25-13(5-4-7-24-20(22)23)17(30)26-14(19(32)33)6-8-34-3/h11-15,28H,4-10,21H2,1-3H3,(H,25,31)(H,26,30)(H,27,29)(H,32,33)(H4,22,23,24). The van der Waals surface area contributed by atoms with Crippen LogP contribution in [0.15, 0.2) is 4.99 Å². The zero-order valence-electron chi connectivity index (χ0n) is 20.0. The number of aliphatic imine (C=N–C) groups is 1. The normalized spacial score (nSPS) is 14.4. The van der Waals surface area contributed by atoms with Crippen molar-refractivity contribution in [2.75, 3.05) is 25.2 Å². The maximum atomic E-state index is 13.0. The molecule has 13 nitrogen and oxygen atoms in total. The smallest absolute Gasteiger partial charge is 0.326 e. The molecule has 0 saturated heterocycles.